The average molecular weight is 277 g/mol. The Morgan fingerprint density at radius 3 is 1.72 bits per heavy atom. The Morgan fingerprint density at radius 1 is 0.889 bits per heavy atom. The van der Waals surface area contributed by atoms with E-state index < -0.39 is 7.25 Å². The molecule has 0 amide bonds. The van der Waals surface area contributed by atoms with Gasteiger partial charge in [0.2, 0.25) is 0 Å². The Kier molecular flexibility index (Phi) is 11.7. The molecule has 0 fully saturated rings. The Hall–Kier alpha value is -0.335. The Labute approximate surface area is 107 Å². The lowest BCUT2D eigenvalue weighted by molar-refractivity contribution is -0.888. The SMILES string of the molecule is CCOCCOCC[N+](C)(C)CC.F[B-](F)(F)F. The highest BCUT2D eigenvalue weighted by Crippen LogP contribution is 2.06. The third kappa shape index (κ3) is 24.8. The second-order valence-corrected chi connectivity index (χ2v) is 4.28. The average Bonchev–Trinajstić information content (AvgIpc) is 2.21. The summed E-state index contributed by atoms with van der Waals surface area (Å²) in [6, 6.07) is 0. The first-order valence-corrected chi connectivity index (χ1v) is 5.97. The molecule has 0 saturated carbocycles. The smallest absolute Gasteiger partial charge is 0.418 e. The molecule has 0 aliphatic rings. The van der Waals surface area contributed by atoms with Gasteiger partial charge in [-0.1, -0.05) is 0 Å². The van der Waals surface area contributed by atoms with Gasteiger partial charge in [-0.15, -0.1) is 0 Å². The summed E-state index contributed by atoms with van der Waals surface area (Å²) in [7, 11) is -1.57. The number of nitrogens with zero attached hydrogens (tertiary/aromatic N) is 1. The molecule has 18 heavy (non-hydrogen) atoms. The summed E-state index contributed by atoms with van der Waals surface area (Å²) in [4.78, 5) is 0. The quantitative estimate of drug-likeness (QED) is 0.293. The number of likely N-dealkylation sites (N-methyl/N-ethyl adjacent to an activating group) is 1. The van der Waals surface area contributed by atoms with E-state index in [1.54, 1.807) is 0 Å². The molecule has 0 spiro atoms. The molecule has 0 aliphatic carbocycles. The standard InChI is InChI=1S/C10H24NO2.BF4/c1-5-11(3,4)7-8-13-10-9-12-6-2;2-1(3,4)5/h5-10H2,1-4H3;/q+1;-1. The van der Waals surface area contributed by atoms with Crippen LogP contribution in [0.3, 0.4) is 0 Å². The van der Waals surface area contributed by atoms with E-state index >= 15 is 0 Å². The van der Waals surface area contributed by atoms with E-state index in [-0.39, 0.29) is 0 Å². The van der Waals surface area contributed by atoms with Crippen molar-refractivity contribution in [3.05, 3.63) is 0 Å². The van der Waals surface area contributed by atoms with Gasteiger partial charge >= 0.3 is 7.25 Å². The van der Waals surface area contributed by atoms with E-state index in [0.717, 1.165) is 44.0 Å². The number of ether oxygens (including phenoxy) is 2. The van der Waals surface area contributed by atoms with E-state index in [1.807, 2.05) is 6.92 Å². The largest absolute Gasteiger partial charge is 0.673 e. The molecule has 0 heterocycles. The van der Waals surface area contributed by atoms with Crippen LogP contribution < -0.4 is 0 Å². The minimum atomic E-state index is -6.00. The van der Waals surface area contributed by atoms with Gasteiger partial charge in [-0.25, -0.2) is 0 Å². The van der Waals surface area contributed by atoms with Crippen molar-refractivity contribution >= 4 is 7.25 Å². The lowest BCUT2D eigenvalue weighted by atomic mass is 10.3. The number of hydrogen-bond donors (Lipinski definition) is 0. The van der Waals surface area contributed by atoms with Gasteiger partial charge in [-0.2, -0.15) is 0 Å². The maximum absolute atomic E-state index is 9.75. The normalized spacial score (nSPS) is 12.0. The predicted octanol–water partition coefficient (Wildman–Crippen LogP) is 2.44. The van der Waals surface area contributed by atoms with Crippen LogP contribution >= 0.6 is 0 Å². The van der Waals surface area contributed by atoms with Crippen LogP contribution in [0.15, 0.2) is 0 Å². The highest BCUT2D eigenvalue weighted by atomic mass is 19.5. The van der Waals surface area contributed by atoms with E-state index in [0.29, 0.717) is 0 Å². The predicted molar refractivity (Wildman–Crippen MR) is 65.0 cm³/mol. The summed E-state index contributed by atoms with van der Waals surface area (Å²) in [5.74, 6) is 0. The fraction of sp³-hybridized carbons (Fsp3) is 1.00. The van der Waals surface area contributed by atoms with Crippen molar-refractivity contribution in [3.63, 3.8) is 0 Å². The lowest BCUT2D eigenvalue weighted by Crippen LogP contribution is -2.42. The maximum Gasteiger partial charge on any atom is 0.673 e. The minimum absolute atomic E-state index is 0.718. The monoisotopic (exact) mass is 277 g/mol. The zero-order valence-corrected chi connectivity index (χ0v) is 11.6. The second-order valence-electron chi connectivity index (χ2n) is 4.28. The molecule has 112 valence electrons. The van der Waals surface area contributed by atoms with Crippen LogP contribution in [0, 0.1) is 0 Å². The minimum Gasteiger partial charge on any atom is -0.418 e. The van der Waals surface area contributed by atoms with Crippen molar-refractivity contribution in [1.82, 2.24) is 0 Å². The molecule has 0 bridgehead atoms. The molecule has 3 nitrogen and oxygen atoms in total. The summed E-state index contributed by atoms with van der Waals surface area (Å²) >= 11 is 0. The van der Waals surface area contributed by atoms with E-state index in [4.69, 9.17) is 9.47 Å². The molecular weight excluding hydrogens is 253 g/mol. The van der Waals surface area contributed by atoms with Crippen LogP contribution in [0.25, 0.3) is 0 Å². The molecule has 0 unspecified atom stereocenters. The zero-order chi connectivity index (χ0) is 14.7. The lowest BCUT2D eigenvalue weighted by Gasteiger charge is -2.27. The van der Waals surface area contributed by atoms with Crippen LogP contribution in [-0.2, 0) is 9.47 Å². The molecule has 0 aliphatic heterocycles. The molecule has 0 saturated heterocycles. The van der Waals surface area contributed by atoms with Crippen LogP contribution in [-0.4, -0.2) is 65.3 Å². The number of halogens is 4. The molecule has 8 heteroatoms. The highest BCUT2D eigenvalue weighted by molar-refractivity contribution is 6.50. The molecule has 0 radical (unpaired) electrons. The third-order valence-corrected chi connectivity index (χ3v) is 2.27. The first-order chi connectivity index (χ1) is 8.12. The molecule has 0 aromatic carbocycles. The van der Waals surface area contributed by atoms with Crippen LogP contribution in [0.5, 0.6) is 0 Å². The Morgan fingerprint density at radius 2 is 1.33 bits per heavy atom. The fourth-order valence-corrected chi connectivity index (χ4v) is 0.834. The van der Waals surface area contributed by atoms with E-state index in [1.165, 1.54) is 0 Å². The topological polar surface area (TPSA) is 18.5 Å². The van der Waals surface area contributed by atoms with Crippen LogP contribution in [0.1, 0.15) is 13.8 Å². The van der Waals surface area contributed by atoms with Gasteiger partial charge in [-0.05, 0) is 13.8 Å². The molecule has 0 atom stereocenters. The van der Waals surface area contributed by atoms with Gasteiger partial charge in [0.25, 0.3) is 0 Å². The molecule has 0 rings (SSSR count). The van der Waals surface area contributed by atoms with Gasteiger partial charge < -0.3 is 31.2 Å². The summed E-state index contributed by atoms with van der Waals surface area (Å²) in [6.45, 7) is 9.45. The molecule has 0 N–H and O–H groups in total. The summed E-state index contributed by atoms with van der Waals surface area (Å²) in [5, 5.41) is 0. The Bertz CT molecular complexity index is 185. The summed E-state index contributed by atoms with van der Waals surface area (Å²) in [6.07, 6.45) is 0. The maximum atomic E-state index is 9.75. The number of hydrogen-bond acceptors (Lipinski definition) is 2. The molecule has 0 aromatic heterocycles. The van der Waals surface area contributed by atoms with Crippen LogP contribution in [0.2, 0.25) is 0 Å². The molecule has 0 aromatic rings. The fourth-order valence-electron chi connectivity index (χ4n) is 0.834. The van der Waals surface area contributed by atoms with E-state index in [9.17, 15) is 17.3 Å². The van der Waals surface area contributed by atoms with Crippen molar-refractivity contribution in [2.24, 2.45) is 0 Å². The van der Waals surface area contributed by atoms with Crippen molar-refractivity contribution in [3.8, 4) is 0 Å². The van der Waals surface area contributed by atoms with Gasteiger partial charge in [0.15, 0.2) is 0 Å². The first-order valence-electron chi connectivity index (χ1n) is 5.97. The first kappa shape index (κ1) is 20.0. The summed E-state index contributed by atoms with van der Waals surface area (Å²) in [5.41, 5.74) is 0. The highest BCUT2D eigenvalue weighted by Gasteiger charge is 2.20. The van der Waals surface area contributed by atoms with Gasteiger partial charge in [-0.3, -0.25) is 0 Å². The Balaban J connectivity index is 0. The third-order valence-electron chi connectivity index (χ3n) is 2.27. The van der Waals surface area contributed by atoms with Crippen molar-refractivity contribution in [2.75, 3.05) is 53.6 Å². The summed E-state index contributed by atoms with van der Waals surface area (Å²) < 4.78 is 50.6. The van der Waals surface area contributed by atoms with Gasteiger partial charge in [0.1, 0.15) is 6.54 Å². The molecular formula is C10H24BF4NO2. The van der Waals surface area contributed by atoms with Crippen molar-refractivity contribution < 1.29 is 31.2 Å². The second kappa shape index (κ2) is 10.6. The van der Waals surface area contributed by atoms with Crippen molar-refractivity contribution in [1.29, 1.82) is 0 Å². The zero-order valence-electron chi connectivity index (χ0n) is 11.6. The van der Waals surface area contributed by atoms with Crippen molar-refractivity contribution in [2.45, 2.75) is 13.8 Å². The number of quaternary nitrogens is 1. The van der Waals surface area contributed by atoms with Gasteiger partial charge in [0.05, 0.1) is 40.5 Å². The number of rotatable bonds is 8. The van der Waals surface area contributed by atoms with Crippen LogP contribution in [0.4, 0.5) is 17.3 Å². The van der Waals surface area contributed by atoms with Gasteiger partial charge in [0, 0.05) is 6.61 Å². The van der Waals surface area contributed by atoms with E-state index in [2.05, 4.69) is 21.0 Å².